The average Bonchev–Trinajstić information content (AvgIpc) is 3.41. The maximum Gasteiger partial charge on any atom is 0.224 e. The summed E-state index contributed by atoms with van der Waals surface area (Å²) in [5, 5.41) is 3.23. The summed E-state index contributed by atoms with van der Waals surface area (Å²) in [6.07, 6.45) is 2.13. The molecule has 2 heterocycles. The standard InChI is InChI=1S/C29H35NO3/c1-17(2)20-10-12-21(13-11-20)22-16-33-28-25(22)18(3)27(30-24(31)15-29(5,6)7)19(4)26(28)23-9-8-14-32-23/h8-14,17,22H,15-16H2,1-7H3,(H,30,31)/t22-/m1/s1. The van der Waals surface area contributed by atoms with Gasteiger partial charge in [0.2, 0.25) is 5.91 Å². The molecule has 1 aliphatic rings. The van der Waals surface area contributed by atoms with Gasteiger partial charge in [0.05, 0.1) is 18.4 Å². The highest BCUT2D eigenvalue weighted by Crippen LogP contribution is 2.51. The summed E-state index contributed by atoms with van der Waals surface area (Å²) in [4.78, 5) is 12.9. The second-order valence-electron chi connectivity index (χ2n) is 10.7. The number of carbonyl (C=O) groups excluding carboxylic acids is 1. The van der Waals surface area contributed by atoms with Gasteiger partial charge in [0.25, 0.3) is 0 Å². The molecule has 4 rings (SSSR count). The number of amides is 1. The fraction of sp³-hybridized carbons (Fsp3) is 0.414. The molecule has 0 fully saturated rings. The molecule has 4 heteroatoms. The van der Waals surface area contributed by atoms with Gasteiger partial charge in [-0.3, -0.25) is 4.79 Å². The minimum Gasteiger partial charge on any atom is -0.491 e. The van der Waals surface area contributed by atoms with E-state index < -0.39 is 0 Å². The van der Waals surface area contributed by atoms with Crippen LogP contribution in [0.4, 0.5) is 5.69 Å². The zero-order valence-corrected chi connectivity index (χ0v) is 20.8. The van der Waals surface area contributed by atoms with Crippen molar-refractivity contribution in [3.8, 4) is 17.1 Å². The molecule has 0 saturated carbocycles. The maximum absolute atomic E-state index is 12.9. The Labute approximate surface area is 197 Å². The number of nitrogens with one attached hydrogen (secondary N) is 1. The van der Waals surface area contributed by atoms with Gasteiger partial charge in [0.15, 0.2) is 0 Å². The summed E-state index contributed by atoms with van der Waals surface area (Å²) < 4.78 is 12.1. The Hall–Kier alpha value is -3.01. The van der Waals surface area contributed by atoms with Crippen molar-refractivity contribution in [2.45, 2.75) is 66.7 Å². The number of hydrogen-bond acceptors (Lipinski definition) is 3. The molecule has 1 amide bonds. The summed E-state index contributed by atoms with van der Waals surface area (Å²) in [5.41, 5.74) is 7.42. The highest BCUT2D eigenvalue weighted by Gasteiger charge is 2.34. The Morgan fingerprint density at radius 1 is 1.09 bits per heavy atom. The van der Waals surface area contributed by atoms with Gasteiger partial charge in [0, 0.05) is 23.6 Å². The largest absolute Gasteiger partial charge is 0.491 e. The van der Waals surface area contributed by atoms with Crippen LogP contribution in [-0.2, 0) is 4.79 Å². The van der Waals surface area contributed by atoms with E-state index in [0.717, 1.165) is 39.5 Å². The van der Waals surface area contributed by atoms with Crippen molar-refractivity contribution < 1.29 is 13.9 Å². The summed E-state index contributed by atoms with van der Waals surface area (Å²) in [6.45, 7) is 15.3. The number of fused-ring (bicyclic) bond motifs is 1. The normalized spacial score (nSPS) is 15.5. The van der Waals surface area contributed by atoms with Gasteiger partial charge in [-0.05, 0) is 59.6 Å². The lowest BCUT2D eigenvalue weighted by Crippen LogP contribution is -2.21. The van der Waals surface area contributed by atoms with E-state index in [0.29, 0.717) is 18.9 Å². The molecule has 0 aliphatic carbocycles. The molecular formula is C29H35NO3. The maximum atomic E-state index is 12.9. The molecule has 1 N–H and O–H groups in total. The fourth-order valence-electron chi connectivity index (χ4n) is 4.78. The zero-order valence-electron chi connectivity index (χ0n) is 20.8. The van der Waals surface area contributed by atoms with Crippen LogP contribution in [0.2, 0.25) is 0 Å². The minimum atomic E-state index is -0.0870. The van der Waals surface area contributed by atoms with E-state index in [2.05, 4.69) is 71.1 Å². The molecule has 1 aromatic heterocycles. The lowest BCUT2D eigenvalue weighted by Gasteiger charge is -2.23. The summed E-state index contributed by atoms with van der Waals surface area (Å²) in [6, 6.07) is 12.7. The van der Waals surface area contributed by atoms with E-state index in [1.807, 2.05) is 19.1 Å². The number of carbonyl (C=O) groups is 1. The summed E-state index contributed by atoms with van der Waals surface area (Å²) >= 11 is 0. The Bertz CT molecular complexity index is 1150. The van der Waals surface area contributed by atoms with Crippen LogP contribution in [0.1, 0.15) is 80.7 Å². The molecule has 4 nitrogen and oxygen atoms in total. The molecule has 0 radical (unpaired) electrons. The molecular weight excluding hydrogens is 410 g/mol. The van der Waals surface area contributed by atoms with E-state index >= 15 is 0 Å². The van der Waals surface area contributed by atoms with Crippen molar-refractivity contribution in [3.05, 3.63) is 70.5 Å². The van der Waals surface area contributed by atoms with Crippen LogP contribution in [0.25, 0.3) is 11.3 Å². The van der Waals surface area contributed by atoms with Crippen LogP contribution in [0, 0.1) is 19.3 Å². The molecule has 3 aromatic rings. The zero-order chi connectivity index (χ0) is 23.9. The van der Waals surface area contributed by atoms with Gasteiger partial charge in [-0.2, -0.15) is 0 Å². The van der Waals surface area contributed by atoms with Crippen molar-refractivity contribution in [3.63, 3.8) is 0 Å². The topological polar surface area (TPSA) is 51.5 Å². The molecule has 0 unspecified atom stereocenters. The third kappa shape index (κ3) is 4.57. The lowest BCUT2D eigenvalue weighted by molar-refractivity contribution is -0.117. The number of ether oxygens (including phenoxy) is 1. The Balaban J connectivity index is 1.84. The Morgan fingerprint density at radius 3 is 2.36 bits per heavy atom. The second kappa shape index (κ2) is 8.74. The van der Waals surface area contributed by atoms with Crippen LogP contribution in [0.3, 0.4) is 0 Å². The number of rotatable bonds is 5. The first kappa shape index (κ1) is 23.2. The second-order valence-corrected chi connectivity index (χ2v) is 10.7. The van der Waals surface area contributed by atoms with Crippen LogP contribution < -0.4 is 10.1 Å². The molecule has 174 valence electrons. The molecule has 0 bridgehead atoms. The lowest BCUT2D eigenvalue weighted by atomic mass is 9.85. The predicted octanol–water partition coefficient (Wildman–Crippen LogP) is 7.59. The van der Waals surface area contributed by atoms with Gasteiger partial charge in [-0.15, -0.1) is 0 Å². The molecule has 0 spiro atoms. The third-order valence-corrected chi connectivity index (χ3v) is 6.47. The quantitative estimate of drug-likeness (QED) is 0.440. The fourth-order valence-corrected chi connectivity index (χ4v) is 4.78. The first-order valence-corrected chi connectivity index (χ1v) is 11.8. The van der Waals surface area contributed by atoms with Gasteiger partial charge < -0.3 is 14.5 Å². The summed E-state index contributed by atoms with van der Waals surface area (Å²) in [7, 11) is 0. The van der Waals surface area contributed by atoms with Gasteiger partial charge in [-0.25, -0.2) is 0 Å². The molecule has 0 saturated heterocycles. The van der Waals surface area contributed by atoms with E-state index in [1.165, 1.54) is 11.1 Å². The van der Waals surface area contributed by atoms with Crippen molar-refractivity contribution in [1.82, 2.24) is 0 Å². The minimum absolute atomic E-state index is 0.0239. The smallest absolute Gasteiger partial charge is 0.224 e. The molecule has 33 heavy (non-hydrogen) atoms. The van der Waals surface area contributed by atoms with Crippen LogP contribution in [0.15, 0.2) is 47.1 Å². The number of anilines is 1. The van der Waals surface area contributed by atoms with Gasteiger partial charge in [0.1, 0.15) is 11.5 Å². The Kier molecular flexibility index (Phi) is 6.13. The van der Waals surface area contributed by atoms with Gasteiger partial charge in [-0.1, -0.05) is 58.9 Å². The predicted molar refractivity (Wildman–Crippen MR) is 134 cm³/mol. The van der Waals surface area contributed by atoms with E-state index in [4.69, 9.17) is 9.15 Å². The van der Waals surface area contributed by atoms with Crippen molar-refractivity contribution in [1.29, 1.82) is 0 Å². The molecule has 1 aliphatic heterocycles. The van der Waals surface area contributed by atoms with Crippen molar-refractivity contribution in [2.75, 3.05) is 11.9 Å². The third-order valence-electron chi connectivity index (χ3n) is 6.47. The first-order valence-electron chi connectivity index (χ1n) is 11.8. The number of hydrogen-bond donors (Lipinski definition) is 1. The molecule has 2 aromatic carbocycles. The van der Waals surface area contributed by atoms with Crippen molar-refractivity contribution in [2.24, 2.45) is 5.41 Å². The molecule has 1 atom stereocenters. The highest BCUT2D eigenvalue weighted by molar-refractivity contribution is 5.96. The van der Waals surface area contributed by atoms with E-state index in [9.17, 15) is 4.79 Å². The Morgan fingerprint density at radius 2 is 1.79 bits per heavy atom. The number of furan rings is 1. The van der Waals surface area contributed by atoms with Crippen LogP contribution in [0.5, 0.6) is 5.75 Å². The van der Waals surface area contributed by atoms with E-state index in [1.54, 1.807) is 6.26 Å². The van der Waals surface area contributed by atoms with E-state index in [-0.39, 0.29) is 17.2 Å². The highest BCUT2D eigenvalue weighted by atomic mass is 16.5. The van der Waals surface area contributed by atoms with Crippen molar-refractivity contribution >= 4 is 11.6 Å². The summed E-state index contributed by atoms with van der Waals surface area (Å²) in [5.74, 6) is 2.24. The first-order chi connectivity index (χ1) is 15.6. The van der Waals surface area contributed by atoms with Gasteiger partial charge >= 0.3 is 0 Å². The number of benzene rings is 2. The van der Waals surface area contributed by atoms with Crippen LogP contribution in [-0.4, -0.2) is 12.5 Å². The monoisotopic (exact) mass is 445 g/mol. The SMILES string of the molecule is Cc1c(NC(=O)CC(C)(C)C)c(C)c2c(c1-c1ccco1)OC[C@@H]2c1ccc(C(C)C)cc1. The van der Waals surface area contributed by atoms with Crippen LogP contribution >= 0.6 is 0 Å². The average molecular weight is 446 g/mol.